The molecule has 0 radical (unpaired) electrons. The first-order valence-electron chi connectivity index (χ1n) is 27.2. The molecule has 380 valence electrons. The minimum atomic E-state index is -0.690. The number of nitrogens with zero attached hydrogens (tertiary/aromatic N) is 10. The number of nitrogens with one attached hydrogen (secondary N) is 2. The van der Waals surface area contributed by atoms with Crippen molar-refractivity contribution in [1.82, 2.24) is 44.5 Å². The van der Waals surface area contributed by atoms with Gasteiger partial charge in [0.15, 0.2) is 5.82 Å². The molecule has 2 saturated carbocycles. The van der Waals surface area contributed by atoms with Gasteiger partial charge in [0.25, 0.3) is 0 Å². The number of benzene rings is 1. The third-order valence-electron chi connectivity index (χ3n) is 18.1. The van der Waals surface area contributed by atoms with Crippen molar-refractivity contribution in [2.75, 3.05) is 67.5 Å². The number of imidazole rings is 1. The lowest BCUT2D eigenvalue weighted by atomic mass is 9.72. The lowest BCUT2D eigenvalue weighted by molar-refractivity contribution is -0.150. The Labute approximate surface area is 421 Å². The van der Waals surface area contributed by atoms with Crippen molar-refractivity contribution in [3.63, 3.8) is 0 Å². The minimum absolute atomic E-state index is 0.100. The van der Waals surface area contributed by atoms with Gasteiger partial charge in [-0.1, -0.05) is 25.5 Å². The van der Waals surface area contributed by atoms with Crippen LogP contribution in [0, 0.1) is 11.3 Å². The van der Waals surface area contributed by atoms with Gasteiger partial charge in [-0.3, -0.25) is 29.3 Å². The Kier molecular flexibility index (Phi) is 12.1. The summed E-state index contributed by atoms with van der Waals surface area (Å²) in [5.41, 5.74) is 5.30. The Hall–Kier alpha value is -5.97. The van der Waals surface area contributed by atoms with Crippen LogP contribution in [0.25, 0.3) is 22.3 Å². The average Bonchev–Trinajstić information content (AvgIpc) is 4.05. The van der Waals surface area contributed by atoms with E-state index in [0.717, 1.165) is 78.1 Å². The van der Waals surface area contributed by atoms with Crippen molar-refractivity contribution in [3.8, 4) is 11.3 Å². The monoisotopic (exact) mass is 979 g/mol. The van der Waals surface area contributed by atoms with Crippen molar-refractivity contribution in [1.29, 1.82) is 0 Å². The van der Waals surface area contributed by atoms with E-state index in [1.165, 1.54) is 19.3 Å². The van der Waals surface area contributed by atoms with Crippen LogP contribution in [0.15, 0.2) is 43.0 Å². The van der Waals surface area contributed by atoms with Crippen LogP contribution in [0.3, 0.4) is 0 Å². The van der Waals surface area contributed by atoms with Crippen molar-refractivity contribution in [2.45, 2.75) is 153 Å². The molecule has 2 N–H and O–H groups in total. The highest BCUT2D eigenvalue weighted by atomic mass is 16.2. The summed E-state index contributed by atoms with van der Waals surface area (Å²) >= 11 is 0. The van der Waals surface area contributed by atoms with Gasteiger partial charge in [0, 0.05) is 110 Å². The van der Waals surface area contributed by atoms with Gasteiger partial charge in [0.05, 0.1) is 28.9 Å². The second kappa shape index (κ2) is 18.5. The Balaban J connectivity index is 0.705. The maximum atomic E-state index is 15.3. The van der Waals surface area contributed by atoms with Crippen LogP contribution >= 0.6 is 0 Å². The quantitative estimate of drug-likeness (QED) is 0.169. The highest BCUT2D eigenvalue weighted by Gasteiger charge is 2.56. The van der Waals surface area contributed by atoms with Gasteiger partial charge in [-0.15, -0.1) is 0 Å². The molecule has 72 heavy (non-hydrogen) atoms. The van der Waals surface area contributed by atoms with E-state index in [0.29, 0.717) is 114 Å². The molecule has 4 aromatic rings. The van der Waals surface area contributed by atoms with E-state index in [-0.39, 0.29) is 47.5 Å². The van der Waals surface area contributed by atoms with Gasteiger partial charge >= 0.3 is 0 Å². The van der Waals surface area contributed by atoms with Gasteiger partial charge in [0.1, 0.15) is 5.52 Å². The van der Waals surface area contributed by atoms with Gasteiger partial charge in [-0.05, 0) is 128 Å². The highest BCUT2D eigenvalue weighted by molar-refractivity contribution is 6.09. The van der Waals surface area contributed by atoms with Gasteiger partial charge in [0.2, 0.25) is 35.5 Å². The summed E-state index contributed by atoms with van der Waals surface area (Å²) in [5, 5.41) is 6.11. The van der Waals surface area contributed by atoms with Crippen molar-refractivity contribution >= 4 is 58.0 Å². The number of amides is 5. The van der Waals surface area contributed by atoms with E-state index < -0.39 is 16.7 Å². The molecule has 8 aliphatic rings. The first-order chi connectivity index (χ1) is 34.9. The van der Waals surface area contributed by atoms with Crippen LogP contribution in [0.4, 0.5) is 17.5 Å². The number of fused-ring (bicyclic) bond motifs is 3. The first-order valence-corrected chi connectivity index (χ1v) is 27.2. The summed E-state index contributed by atoms with van der Waals surface area (Å²) in [7, 11) is 0. The van der Waals surface area contributed by atoms with Crippen molar-refractivity contribution < 1.29 is 24.0 Å². The summed E-state index contributed by atoms with van der Waals surface area (Å²) in [6.45, 7) is 12.2. The number of carbonyl (C=O) groups is 5. The van der Waals surface area contributed by atoms with E-state index in [9.17, 15) is 19.2 Å². The van der Waals surface area contributed by atoms with Crippen molar-refractivity contribution in [2.24, 2.45) is 11.3 Å². The predicted molar refractivity (Wildman–Crippen MR) is 273 cm³/mol. The number of aromatic nitrogens is 5. The van der Waals surface area contributed by atoms with Gasteiger partial charge in [-0.25, -0.2) is 19.9 Å². The predicted octanol–water partition coefficient (Wildman–Crippen LogP) is 6.33. The molecule has 17 nitrogen and oxygen atoms in total. The maximum Gasteiger partial charge on any atom is 0.238 e. The minimum Gasteiger partial charge on any atom is -0.366 e. The lowest BCUT2D eigenvalue weighted by Crippen LogP contribution is -2.59. The Bertz CT molecular complexity index is 2770. The molecule has 5 saturated heterocycles. The van der Waals surface area contributed by atoms with Gasteiger partial charge in [-0.2, -0.15) is 0 Å². The average molecular weight is 979 g/mol. The van der Waals surface area contributed by atoms with Crippen LogP contribution in [-0.2, 0) is 29.4 Å². The Morgan fingerprint density at radius 3 is 2.18 bits per heavy atom. The van der Waals surface area contributed by atoms with E-state index >= 15 is 4.79 Å². The van der Waals surface area contributed by atoms with Crippen molar-refractivity contribution in [3.05, 3.63) is 54.1 Å². The van der Waals surface area contributed by atoms with E-state index in [1.807, 2.05) is 16.1 Å². The second-order valence-electron chi connectivity index (χ2n) is 23.0. The molecule has 1 spiro atoms. The molecule has 0 bridgehead atoms. The van der Waals surface area contributed by atoms with Crippen LogP contribution in [-0.4, -0.2) is 139 Å². The number of carbonyl (C=O) groups excluding carboxylic acids is 5. The highest BCUT2D eigenvalue weighted by Crippen LogP contribution is 2.53. The van der Waals surface area contributed by atoms with E-state index in [1.54, 1.807) is 12.4 Å². The molecule has 5 amide bonds. The summed E-state index contributed by atoms with van der Waals surface area (Å²) in [4.78, 5) is 97.9. The molecule has 6 aliphatic heterocycles. The zero-order chi connectivity index (χ0) is 49.5. The summed E-state index contributed by atoms with van der Waals surface area (Å²) in [6, 6.07) is 9.99. The molecule has 3 aromatic heterocycles. The number of rotatable bonds is 10. The number of hydrogen-bond acceptors (Lipinski definition) is 12. The van der Waals surface area contributed by atoms with E-state index in [4.69, 9.17) is 9.97 Å². The molecule has 17 heteroatoms. The molecular formula is C55H70N12O5. The van der Waals surface area contributed by atoms with Crippen LogP contribution < -0.4 is 20.4 Å². The second-order valence-corrected chi connectivity index (χ2v) is 23.0. The summed E-state index contributed by atoms with van der Waals surface area (Å²) < 4.78 is 2.20. The fourth-order valence-corrected chi connectivity index (χ4v) is 13.2. The van der Waals surface area contributed by atoms with Gasteiger partial charge < -0.3 is 34.4 Å². The largest absolute Gasteiger partial charge is 0.366 e. The van der Waals surface area contributed by atoms with Crippen LogP contribution in [0.1, 0.15) is 140 Å². The molecule has 7 fully saturated rings. The zero-order valence-electron chi connectivity index (χ0n) is 42.3. The third-order valence-corrected chi connectivity index (χ3v) is 18.1. The number of hydrogen-bond donors (Lipinski definition) is 2. The normalized spacial score (nSPS) is 25.8. The number of likely N-dealkylation sites (tertiary alicyclic amines) is 3. The molecule has 1 unspecified atom stereocenters. The topological polar surface area (TPSA) is 182 Å². The lowest BCUT2D eigenvalue weighted by Gasteiger charge is -2.48. The standard InChI is InChI=1S/C55H70N12O5/c1-34(2)66-33-58-44-30-43(60-48(47(44)66)59-38-8-9-38)36-7-11-42-45(27-36)67(40-28-39(29-40)62-19-5-4-6-20-62)52(72)55(42)17-25-64(26-18-55)51(71)54(3)15-23-63(24-16-54)50(70)35-13-21-65(22-14-35)53-56-31-37(32-57-53)41-10-12-46(68)61-49(41)69/h7,11,27,30-35,38-41H,4-6,8-10,12-26,28-29H2,1-3H3,(H,59,60)(H,61,68,69)/t39-,40+,41?. The molecule has 2 aliphatic carbocycles. The third kappa shape index (κ3) is 8.40. The fraction of sp³-hybridized carbons (Fsp3) is 0.618. The first kappa shape index (κ1) is 47.1. The molecule has 1 aromatic carbocycles. The smallest absolute Gasteiger partial charge is 0.238 e. The van der Waals surface area contributed by atoms with Crippen LogP contribution in [0.2, 0.25) is 0 Å². The van der Waals surface area contributed by atoms with Crippen LogP contribution in [0.5, 0.6) is 0 Å². The Morgan fingerprint density at radius 1 is 0.792 bits per heavy atom. The Morgan fingerprint density at radius 2 is 1.50 bits per heavy atom. The molecule has 1 atom stereocenters. The maximum absolute atomic E-state index is 15.3. The number of imide groups is 1. The summed E-state index contributed by atoms with van der Waals surface area (Å²) in [6.07, 6.45) is 17.8. The molecule has 9 heterocycles. The number of piperidine rings is 5. The summed E-state index contributed by atoms with van der Waals surface area (Å²) in [5.74, 6) is 0.852. The molecular weight excluding hydrogens is 909 g/mol. The fourth-order valence-electron chi connectivity index (χ4n) is 13.2. The zero-order valence-corrected chi connectivity index (χ0v) is 42.3. The number of pyridine rings is 1. The van der Waals surface area contributed by atoms with E-state index in [2.05, 4.69) is 84.9 Å². The number of anilines is 3. The SMILES string of the molecule is CC(C)n1cnc2cc(-c3ccc4c(c3)N([C@H]3C[C@@H](N5CCCCC5)C3)C(=O)C43CCN(C(=O)C4(C)CCN(C(=O)C5CCN(c6ncc(C7CCC(=O)NC7=O)cn6)CC5)CC4)CC3)nc(NC3CC3)c21. The molecule has 12 rings (SSSR count).